The number of carbonyl (C=O) groups is 1. The lowest BCUT2D eigenvalue weighted by atomic mass is 10.0. The standard InChI is InChI=1S/C28H21F3O2/c1-3-18-6-13-22(24(29)16-18)19-9-11-21(12-10-19)28(32)33-25-15-14-23(26(30)27(25)31)20-7-4-17(2)5-8-20/h4-16H,3H2,1-2H3. The summed E-state index contributed by atoms with van der Waals surface area (Å²) in [5, 5.41) is 0. The molecular formula is C28H21F3O2. The van der Waals surface area contributed by atoms with Gasteiger partial charge in [-0.15, -0.1) is 0 Å². The Morgan fingerprint density at radius 2 is 1.36 bits per heavy atom. The van der Waals surface area contributed by atoms with Gasteiger partial charge in [0.25, 0.3) is 0 Å². The van der Waals surface area contributed by atoms with Crippen LogP contribution in [0.1, 0.15) is 28.4 Å². The van der Waals surface area contributed by atoms with E-state index < -0.39 is 23.4 Å². The van der Waals surface area contributed by atoms with E-state index in [4.69, 9.17) is 4.74 Å². The minimum atomic E-state index is -1.24. The van der Waals surface area contributed by atoms with Crippen molar-refractivity contribution in [2.24, 2.45) is 0 Å². The highest BCUT2D eigenvalue weighted by atomic mass is 19.2. The molecule has 166 valence electrons. The number of rotatable bonds is 5. The van der Waals surface area contributed by atoms with E-state index in [1.54, 1.807) is 42.5 Å². The molecule has 0 atom stereocenters. The minimum Gasteiger partial charge on any atom is -0.420 e. The van der Waals surface area contributed by atoms with Gasteiger partial charge in [0.1, 0.15) is 5.82 Å². The molecule has 0 spiro atoms. The SMILES string of the molecule is CCc1ccc(-c2ccc(C(=O)Oc3ccc(-c4ccc(C)cc4)c(F)c3F)cc2)c(F)c1. The van der Waals surface area contributed by atoms with Gasteiger partial charge in [0.2, 0.25) is 5.82 Å². The van der Waals surface area contributed by atoms with Crippen molar-refractivity contribution in [3.8, 4) is 28.0 Å². The van der Waals surface area contributed by atoms with E-state index in [-0.39, 0.29) is 16.9 Å². The van der Waals surface area contributed by atoms with Gasteiger partial charge >= 0.3 is 5.97 Å². The number of ether oxygens (including phenoxy) is 1. The van der Waals surface area contributed by atoms with Crippen LogP contribution in [0.2, 0.25) is 0 Å². The lowest BCUT2D eigenvalue weighted by molar-refractivity contribution is 0.0727. The number of halogens is 3. The highest BCUT2D eigenvalue weighted by molar-refractivity contribution is 5.91. The molecule has 0 bridgehead atoms. The van der Waals surface area contributed by atoms with Crippen molar-refractivity contribution in [2.75, 3.05) is 0 Å². The number of aryl methyl sites for hydroxylation is 2. The van der Waals surface area contributed by atoms with E-state index in [1.807, 2.05) is 19.9 Å². The molecule has 2 nitrogen and oxygen atoms in total. The molecule has 0 radical (unpaired) electrons. The number of carbonyl (C=O) groups excluding carboxylic acids is 1. The van der Waals surface area contributed by atoms with Gasteiger partial charge in [0.05, 0.1) is 5.56 Å². The number of hydrogen-bond acceptors (Lipinski definition) is 2. The first-order valence-corrected chi connectivity index (χ1v) is 10.5. The summed E-state index contributed by atoms with van der Waals surface area (Å²) in [4.78, 5) is 12.5. The zero-order chi connectivity index (χ0) is 23.5. The second-order valence-corrected chi connectivity index (χ2v) is 7.74. The second-order valence-electron chi connectivity index (χ2n) is 7.74. The number of esters is 1. The summed E-state index contributed by atoms with van der Waals surface area (Å²) in [7, 11) is 0. The first-order valence-electron chi connectivity index (χ1n) is 10.5. The van der Waals surface area contributed by atoms with Crippen LogP contribution in [-0.2, 0) is 6.42 Å². The summed E-state index contributed by atoms with van der Waals surface area (Å²) >= 11 is 0. The van der Waals surface area contributed by atoms with Gasteiger partial charge < -0.3 is 4.74 Å². The highest BCUT2D eigenvalue weighted by Crippen LogP contribution is 2.31. The molecular weight excluding hydrogens is 425 g/mol. The zero-order valence-corrected chi connectivity index (χ0v) is 18.2. The Labute approximate surface area is 190 Å². The van der Waals surface area contributed by atoms with Crippen molar-refractivity contribution >= 4 is 5.97 Å². The van der Waals surface area contributed by atoms with Crippen molar-refractivity contribution in [3.05, 3.63) is 113 Å². The van der Waals surface area contributed by atoms with Crippen molar-refractivity contribution in [3.63, 3.8) is 0 Å². The van der Waals surface area contributed by atoms with Gasteiger partial charge in [-0.1, -0.05) is 61.0 Å². The molecule has 0 aliphatic rings. The van der Waals surface area contributed by atoms with Crippen LogP contribution in [0.4, 0.5) is 13.2 Å². The monoisotopic (exact) mass is 446 g/mol. The normalized spacial score (nSPS) is 10.8. The molecule has 0 aliphatic heterocycles. The van der Waals surface area contributed by atoms with Crippen LogP contribution in [0, 0.1) is 24.4 Å². The van der Waals surface area contributed by atoms with Gasteiger partial charge in [-0.05, 0) is 60.4 Å². The molecule has 33 heavy (non-hydrogen) atoms. The van der Waals surface area contributed by atoms with Gasteiger partial charge in [0.15, 0.2) is 11.6 Å². The van der Waals surface area contributed by atoms with Crippen LogP contribution in [0.15, 0.2) is 78.9 Å². The summed E-state index contributed by atoms with van der Waals surface area (Å²) in [6.45, 7) is 3.84. The van der Waals surface area contributed by atoms with Gasteiger partial charge in [-0.3, -0.25) is 0 Å². The Bertz CT molecular complexity index is 1310. The van der Waals surface area contributed by atoms with Crippen molar-refractivity contribution in [2.45, 2.75) is 20.3 Å². The molecule has 0 aliphatic carbocycles. The third-order valence-corrected chi connectivity index (χ3v) is 5.49. The quantitative estimate of drug-likeness (QED) is 0.234. The third kappa shape index (κ3) is 4.67. The third-order valence-electron chi connectivity index (χ3n) is 5.49. The Balaban J connectivity index is 1.53. The van der Waals surface area contributed by atoms with Crippen LogP contribution in [0.3, 0.4) is 0 Å². The van der Waals surface area contributed by atoms with Crippen LogP contribution in [0.5, 0.6) is 5.75 Å². The van der Waals surface area contributed by atoms with E-state index in [0.29, 0.717) is 16.7 Å². The first-order chi connectivity index (χ1) is 15.9. The molecule has 0 N–H and O–H groups in total. The minimum absolute atomic E-state index is 0.0766. The summed E-state index contributed by atoms with van der Waals surface area (Å²) in [5.74, 6) is -4.03. The first kappa shape index (κ1) is 22.3. The molecule has 0 saturated carbocycles. The van der Waals surface area contributed by atoms with E-state index in [0.717, 1.165) is 17.5 Å². The largest absolute Gasteiger partial charge is 0.420 e. The maximum atomic E-state index is 14.6. The molecule has 0 amide bonds. The van der Waals surface area contributed by atoms with Crippen molar-refractivity contribution < 1.29 is 22.7 Å². The average Bonchev–Trinajstić information content (AvgIpc) is 2.83. The Morgan fingerprint density at radius 1 is 0.758 bits per heavy atom. The predicted octanol–water partition coefficient (Wildman–Crippen LogP) is 7.53. The van der Waals surface area contributed by atoms with Gasteiger partial charge in [-0.2, -0.15) is 4.39 Å². The Hall–Kier alpha value is -3.86. The number of benzene rings is 4. The topological polar surface area (TPSA) is 26.3 Å². The van der Waals surface area contributed by atoms with E-state index in [1.165, 1.54) is 30.3 Å². The lowest BCUT2D eigenvalue weighted by Crippen LogP contribution is -2.10. The van der Waals surface area contributed by atoms with Gasteiger partial charge in [-0.25, -0.2) is 13.6 Å². The molecule has 4 aromatic carbocycles. The fraction of sp³-hybridized carbons (Fsp3) is 0.107. The van der Waals surface area contributed by atoms with Crippen LogP contribution in [-0.4, -0.2) is 5.97 Å². The molecule has 0 fully saturated rings. The maximum Gasteiger partial charge on any atom is 0.343 e. The predicted molar refractivity (Wildman–Crippen MR) is 123 cm³/mol. The van der Waals surface area contributed by atoms with E-state index >= 15 is 0 Å². The molecule has 0 aromatic heterocycles. The summed E-state index contributed by atoms with van der Waals surface area (Å²) < 4.78 is 48.7. The summed E-state index contributed by atoms with van der Waals surface area (Å²) in [5.41, 5.74) is 3.61. The molecule has 4 aromatic rings. The smallest absolute Gasteiger partial charge is 0.343 e. The second kappa shape index (κ2) is 9.33. The van der Waals surface area contributed by atoms with Crippen LogP contribution < -0.4 is 4.74 Å². The highest BCUT2D eigenvalue weighted by Gasteiger charge is 2.19. The Kier molecular flexibility index (Phi) is 6.31. The van der Waals surface area contributed by atoms with Crippen molar-refractivity contribution in [1.82, 2.24) is 0 Å². The molecule has 0 heterocycles. The molecule has 0 saturated heterocycles. The van der Waals surface area contributed by atoms with E-state index in [2.05, 4.69) is 0 Å². The maximum absolute atomic E-state index is 14.6. The molecule has 0 unspecified atom stereocenters. The Morgan fingerprint density at radius 3 is 2.00 bits per heavy atom. The summed E-state index contributed by atoms with van der Waals surface area (Å²) in [6.07, 6.45) is 0.727. The molecule has 5 heteroatoms. The number of hydrogen-bond donors (Lipinski definition) is 0. The fourth-order valence-corrected chi connectivity index (χ4v) is 3.52. The van der Waals surface area contributed by atoms with E-state index in [9.17, 15) is 18.0 Å². The van der Waals surface area contributed by atoms with Crippen molar-refractivity contribution in [1.29, 1.82) is 0 Å². The summed E-state index contributed by atoms with van der Waals surface area (Å²) in [6, 6.07) is 20.7. The van der Waals surface area contributed by atoms with Crippen LogP contribution in [0.25, 0.3) is 22.3 Å². The molecule has 4 rings (SSSR count). The fourth-order valence-electron chi connectivity index (χ4n) is 3.52. The van der Waals surface area contributed by atoms with Crippen LogP contribution >= 0.6 is 0 Å². The zero-order valence-electron chi connectivity index (χ0n) is 18.2. The lowest BCUT2D eigenvalue weighted by Gasteiger charge is -2.10. The van der Waals surface area contributed by atoms with Gasteiger partial charge in [0, 0.05) is 11.1 Å². The average molecular weight is 446 g/mol.